The number of aromatic nitrogens is 2. The van der Waals surface area contributed by atoms with Gasteiger partial charge in [-0.2, -0.15) is 35.6 Å². The Morgan fingerprint density at radius 3 is 2.24 bits per heavy atom. The molecule has 0 radical (unpaired) electrons. The molecule has 7 N–H and O–H groups in total. The maximum absolute atomic E-state index is 13.7. The number of fused-ring (bicyclic) bond motifs is 1. The van der Waals surface area contributed by atoms with E-state index < -0.39 is 88.2 Å². The first-order valence-corrected chi connectivity index (χ1v) is 22.4. The third-order valence-corrected chi connectivity index (χ3v) is 11.7. The molecule has 0 fully saturated rings. The Morgan fingerprint density at radius 2 is 1.56 bits per heavy atom. The molecule has 0 amide bonds. The van der Waals surface area contributed by atoms with E-state index in [0.29, 0.717) is 6.07 Å². The predicted molar refractivity (Wildman–Crippen MR) is 211 cm³/mol. The molecule has 0 atom stereocenters. The van der Waals surface area contributed by atoms with Crippen molar-refractivity contribution in [3.8, 4) is 11.5 Å². The van der Waals surface area contributed by atoms with Gasteiger partial charge in [0.15, 0.2) is 27.9 Å². The zero-order valence-electron chi connectivity index (χ0n) is 30.9. The summed E-state index contributed by atoms with van der Waals surface area (Å²) in [7, 11) is -12.6. The van der Waals surface area contributed by atoms with Crippen LogP contribution in [-0.2, 0) is 58.0 Å². The molecule has 0 unspecified atom stereocenters. The predicted octanol–water partition coefficient (Wildman–Crippen LogP) is 6.84. The second-order valence-electron chi connectivity index (χ2n) is 11.5. The van der Waals surface area contributed by atoms with Crippen LogP contribution in [0.25, 0.3) is 10.8 Å². The summed E-state index contributed by atoms with van der Waals surface area (Å²) in [5.41, 5.74) is -1.94. The number of nitrogens with one attached hydrogen (secondary N) is 2. The summed E-state index contributed by atoms with van der Waals surface area (Å²) in [6.07, 6.45) is -1.44. The van der Waals surface area contributed by atoms with E-state index in [-0.39, 0.29) is 73.4 Å². The van der Waals surface area contributed by atoms with E-state index in [0.717, 1.165) is 36.4 Å². The number of rotatable bonds is 22. The van der Waals surface area contributed by atoms with E-state index >= 15 is 0 Å². The minimum Gasteiger partial charge on any atom is -0.505 e. The van der Waals surface area contributed by atoms with E-state index in [9.17, 15) is 48.2 Å². The molecule has 0 saturated carbocycles. The standard InChI is InChI=1S/C30H26F2N8O18S5/c1-52-22-6-3-16(61(44,45)9-8-53-60-58-56-54-42)11-20(22)37-40-28-23(59-57-55-43)12-18-17(29(28)41)4-5-19(33-14-62(46,47)48)27(18)39-38-21-10-15(2-7-24(21)63(49,50)51)34-26-13-25(31)35-30(32)36-26/h2-7,10-13,33,41-43H,8-9,14H2,1H3,(H,34,35,36)(H,46,47,48)(H,49,50,51)/b39-38+,40-37+. The Labute approximate surface area is 360 Å². The van der Waals surface area contributed by atoms with Gasteiger partial charge in [0.2, 0.25) is 5.95 Å². The van der Waals surface area contributed by atoms with Gasteiger partial charge in [-0.1, -0.05) is 5.04 Å². The highest BCUT2D eigenvalue weighted by atomic mass is 32.2. The first-order valence-electron chi connectivity index (χ1n) is 16.3. The highest BCUT2D eigenvalue weighted by Crippen LogP contribution is 2.49. The summed E-state index contributed by atoms with van der Waals surface area (Å²) < 4.78 is 140. The first-order chi connectivity index (χ1) is 29.8. The van der Waals surface area contributed by atoms with E-state index in [4.69, 9.17) is 19.4 Å². The first kappa shape index (κ1) is 48.7. The second-order valence-corrected chi connectivity index (χ2v) is 17.7. The number of halogens is 2. The molecule has 5 aromatic rings. The van der Waals surface area contributed by atoms with Crippen molar-refractivity contribution in [2.75, 3.05) is 36.0 Å². The molecule has 0 bridgehead atoms. The molecule has 0 aliphatic carbocycles. The minimum atomic E-state index is -5.05. The lowest BCUT2D eigenvalue weighted by Gasteiger charge is -2.14. The van der Waals surface area contributed by atoms with E-state index in [1.165, 1.54) is 25.3 Å². The molecule has 0 spiro atoms. The number of azo groups is 2. The molecule has 0 saturated heterocycles. The van der Waals surface area contributed by atoms with Gasteiger partial charge in [-0.05, 0) is 64.7 Å². The van der Waals surface area contributed by atoms with Crippen molar-refractivity contribution in [3.05, 3.63) is 72.7 Å². The SMILES string of the molecule is COc1ccc(S(=O)(=O)CCOSOOOO)cc1/N=N/c1c(SOOO)cc2c(/N=N/c3cc(Nc4cc(F)nc(F)n4)ccc3S(=O)(=O)O)c(NCS(=O)(=O)O)ccc2c1O. The smallest absolute Gasteiger partial charge is 0.313 e. The molecular formula is C30H26F2N8O18S5. The van der Waals surface area contributed by atoms with Crippen molar-refractivity contribution in [2.24, 2.45) is 20.5 Å². The highest BCUT2D eigenvalue weighted by Gasteiger charge is 2.23. The molecule has 1 aromatic heterocycles. The van der Waals surface area contributed by atoms with Gasteiger partial charge in [-0.3, -0.25) is 13.3 Å². The van der Waals surface area contributed by atoms with Crippen molar-refractivity contribution < 1.29 is 91.5 Å². The van der Waals surface area contributed by atoms with Crippen LogP contribution < -0.4 is 15.4 Å². The van der Waals surface area contributed by atoms with Crippen LogP contribution in [0, 0.1) is 12.0 Å². The van der Waals surface area contributed by atoms with Crippen molar-refractivity contribution in [1.82, 2.24) is 9.97 Å². The van der Waals surface area contributed by atoms with Crippen LogP contribution in [0.1, 0.15) is 0 Å². The van der Waals surface area contributed by atoms with Gasteiger partial charge in [0, 0.05) is 22.5 Å². The van der Waals surface area contributed by atoms with Crippen LogP contribution in [0.5, 0.6) is 11.5 Å². The molecule has 338 valence electrons. The van der Waals surface area contributed by atoms with Gasteiger partial charge in [-0.15, -0.1) is 29.1 Å². The normalized spacial score (nSPS) is 12.4. The van der Waals surface area contributed by atoms with Crippen molar-refractivity contribution in [2.45, 2.75) is 14.7 Å². The molecule has 0 aliphatic heterocycles. The summed E-state index contributed by atoms with van der Waals surface area (Å²) in [5.74, 6) is -4.10. The highest BCUT2D eigenvalue weighted by molar-refractivity contribution is 7.94. The Kier molecular flexibility index (Phi) is 16.5. The molecule has 63 heavy (non-hydrogen) atoms. The molecule has 33 heteroatoms. The number of aromatic hydroxyl groups is 1. The Hall–Kier alpha value is -5.37. The number of nitrogens with zero attached hydrogens (tertiary/aromatic N) is 6. The molecule has 0 aliphatic rings. The summed E-state index contributed by atoms with van der Waals surface area (Å²) in [5, 5.41) is 59.9. The van der Waals surface area contributed by atoms with Crippen LogP contribution in [0.3, 0.4) is 0 Å². The third kappa shape index (κ3) is 13.3. The van der Waals surface area contributed by atoms with Crippen molar-refractivity contribution in [3.63, 3.8) is 0 Å². The summed E-state index contributed by atoms with van der Waals surface area (Å²) in [6, 6.07) is 10.6. The average Bonchev–Trinajstić information content (AvgIpc) is 3.21. The molecule has 4 aromatic carbocycles. The fourth-order valence-corrected chi connectivity index (χ4v) is 7.89. The van der Waals surface area contributed by atoms with Crippen LogP contribution in [0.2, 0.25) is 0 Å². The van der Waals surface area contributed by atoms with Crippen LogP contribution >= 0.6 is 24.4 Å². The van der Waals surface area contributed by atoms with Crippen LogP contribution in [-0.4, -0.2) is 85.3 Å². The van der Waals surface area contributed by atoms with Crippen LogP contribution in [0.4, 0.5) is 48.7 Å². The van der Waals surface area contributed by atoms with E-state index in [2.05, 4.69) is 64.8 Å². The molecule has 1 heterocycles. The maximum Gasteiger partial charge on any atom is 0.313 e. The number of hydrogen-bond donors (Lipinski definition) is 7. The lowest BCUT2D eigenvalue weighted by atomic mass is 10.1. The van der Waals surface area contributed by atoms with E-state index in [1.54, 1.807) is 0 Å². The fourth-order valence-electron chi connectivity index (χ4n) is 5.02. The van der Waals surface area contributed by atoms with Gasteiger partial charge in [-0.25, -0.2) is 18.9 Å². The number of ether oxygens (including phenoxy) is 1. The van der Waals surface area contributed by atoms with Crippen LogP contribution in [0.15, 0.2) is 95.8 Å². The second kappa shape index (κ2) is 21.3. The number of phenols is 1. The fraction of sp³-hybridized carbons (Fsp3) is 0.133. The van der Waals surface area contributed by atoms with Gasteiger partial charge in [0.25, 0.3) is 20.2 Å². The zero-order chi connectivity index (χ0) is 46.0. The van der Waals surface area contributed by atoms with Gasteiger partial charge in [0.1, 0.15) is 45.1 Å². The largest absolute Gasteiger partial charge is 0.505 e. The summed E-state index contributed by atoms with van der Waals surface area (Å²) in [6.45, 7) is -0.433. The maximum atomic E-state index is 13.7. The summed E-state index contributed by atoms with van der Waals surface area (Å²) in [4.78, 5) is 4.87. The average molecular weight is 985 g/mol. The zero-order valence-corrected chi connectivity index (χ0v) is 35.0. The van der Waals surface area contributed by atoms with Gasteiger partial charge < -0.3 is 20.5 Å². The molecule has 5 rings (SSSR count). The quantitative estimate of drug-likeness (QED) is 0.00545. The molecule has 26 nitrogen and oxygen atoms in total. The topological polar surface area (TPSA) is 367 Å². The number of methoxy groups -OCH3 is 1. The molecular weight excluding hydrogens is 959 g/mol. The lowest BCUT2D eigenvalue weighted by Crippen LogP contribution is -2.13. The van der Waals surface area contributed by atoms with E-state index in [1.807, 2.05) is 0 Å². The lowest BCUT2D eigenvalue weighted by molar-refractivity contribution is -0.592. The number of sulfone groups is 1. The van der Waals surface area contributed by atoms with Crippen molar-refractivity contribution >= 4 is 105 Å². The number of hydrogen-bond acceptors (Lipinski definition) is 26. The van der Waals surface area contributed by atoms with Gasteiger partial charge in [0.05, 0.1) is 47.0 Å². The number of anilines is 3. The minimum absolute atomic E-state index is 0.000584. The summed E-state index contributed by atoms with van der Waals surface area (Å²) >= 11 is 0.375. The monoisotopic (exact) mass is 984 g/mol. The van der Waals surface area contributed by atoms with Gasteiger partial charge >= 0.3 is 6.08 Å². The number of phenolic OH excluding ortho intramolecular Hbond substituents is 1. The Bertz CT molecular complexity index is 2860. The number of benzene rings is 4. The Balaban J connectivity index is 1.63. The Morgan fingerprint density at radius 1 is 0.810 bits per heavy atom. The van der Waals surface area contributed by atoms with Crippen molar-refractivity contribution in [1.29, 1.82) is 0 Å². The third-order valence-electron chi connectivity index (χ3n) is 7.58.